The van der Waals surface area contributed by atoms with E-state index in [2.05, 4.69) is 4.98 Å². The molecule has 0 aromatic carbocycles. The maximum atomic E-state index is 12.3. The number of hydrogen-bond donors (Lipinski definition) is 2. The summed E-state index contributed by atoms with van der Waals surface area (Å²) in [6.45, 7) is 4.56. The number of nitrogens with one attached hydrogen (secondary N) is 1. The fraction of sp³-hybridized carbons (Fsp3) is 0.571. The van der Waals surface area contributed by atoms with Crippen LogP contribution >= 0.6 is 11.6 Å². The predicted octanol–water partition coefficient (Wildman–Crippen LogP) is 2.63. The lowest BCUT2D eigenvalue weighted by Crippen LogP contribution is -2.46. The van der Waals surface area contributed by atoms with Crippen LogP contribution in [-0.4, -0.2) is 40.0 Å². The molecular weight excluding hydrogens is 280 g/mol. The van der Waals surface area contributed by atoms with Crippen LogP contribution in [0.25, 0.3) is 0 Å². The number of likely N-dealkylation sites (tertiary alicyclic amines) is 1. The van der Waals surface area contributed by atoms with Gasteiger partial charge in [0.2, 0.25) is 0 Å². The minimum Gasteiger partial charge on any atom is -0.481 e. The lowest BCUT2D eigenvalue weighted by atomic mass is 9.74. The van der Waals surface area contributed by atoms with E-state index < -0.39 is 11.4 Å². The van der Waals surface area contributed by atoms with Crippen LogP contribution in [0.2, 0.25) is 5.02 Å². The van der Waals surface area contributed by atoms with Crippen molar-refractivity contribution < 1.29 is 14.7 Å². The largest absolute Gasteiger partial charge is 0.481 e. The van der Waals surface area contributed by atoms with Crippen molar-refractivity contribution in [2.45, 2.75) is 26.7 Å². The molecule has 1 amide bonds. The van der Waals surface area contributed by atoms with Gasteiger partial charge in [0.15, 0.2) is 0 Å². The monoisotopic (exact) mass is 298 g/mol. The molecule has 110 valence electrons. The number of aromatic amines is 1. The topological polar surface area (TPSA) is 73.4 Å². The molecule has 2 rings (SSSR count). The van der Waals surface area contributed by atoms with Crippen molar-refractivity contribution in [3.05, 3.63) is 23.0 Å². The third-order valence-corrected chi connectivity index (χ3v) is 4.38. The van der Waals surface area contributed by atoms with E-state index >= 15 is 0 Å². The van der Waals surface area contributed by atoms with Gasteiger partial charge in [0.05, 0.1) is 10.4 Å². The number of hydrogen-bond acceptors (Lipinski definition) is 2. The van der Waals surface area contributed by atoms with Crippen molar-refractivity contribution in [2.24, 2.45) is 11.3 Å². The number of H-pyrrole nitrogens is 1. The highest BCUT2D eigenvalue weighted by Gasteiger charge is 2.40. The number of nitrogens with zero attached hydrogens (tertiary/aromatic N) is 1. The molecule has 0 bridgehead atoms. The second kappa shape index (κ2) is 5.48. The first kappa shape index (κ1) is 14.9. The Morgan fingerprint density at radius 1 is 1.50 bits per heavy atom. The van der Waals surface area contributed by atoms with Crippen molar-refractivity contribution in [3.8, 4) is 0 Å². The number of aliphatic carboxylic acids is 1. The van der Waals surface area contributed by atoms with E-state index in [0.29, 0.717) is 23.8 Å². The molecule has 1 aromatic heterocycles. The summed E-state index contributed by atoms with van der Waals surface area (Å²) in [7, 11) is 0. The van der Waals surface area contributed by atoms with Crippen LogP contribution in [0.15, 0.2) is 12.3 Å². The van der Waals surface area contributed by atoms with Gasteiger partial charge in [0.25, 0.3) is 5.91 Å². The molecule has 0 radical (unpaired) electrons. The van der Waals surface area contributed by atoms with E-state index in [-0.39, 0.29) is 11.8 Å². The zero-order valence-electron chi connectivity index (χ0n) is 11.6. The summed E-state index contributed by atoms with van der Waals surface area (Å²) in [5.41, 5.74) is -0.379. The van der Waals surface area contributed by atoms with Gasteiger partial charge >= 0.3 is 5.97 Å². The molecule has 5 nitrogen and oxygen atoms in total. The number of carboxylic acids is 1. The summed E-state index contributed by atoms with van der Waals surface area (Å²) >= 11 is 5.81. The quantitative estimate of drug-likeness (QED) is 0.901. The fourth-order valence-electron chi connectivity index (χ4n) is 2.59. The number of piperidine rings is 1. The molecule has 1 atom stereocenters. The van der Waals surface area contributed by atoms with Gasteiger partial charge in [-0.05, 0) is 38.7 Å². The SMILES string of the molecule is CC(C)(C(=O)O)C1CCCN(C(=O)c2cc(Cl)c[nH]2)C1. The van der Waals surface area contributed by atoms with Gasteiger partial charge in [0.1, 0.15) is 5.69 Å². The maximum Gasteiger partial charge on any atom is 0.309 e. The highest BCUT2D eigenvalue weighted by atomic mass is 35.5. The van der Waals surface area contributed by atoms with Gasteiger partial charge in [0, 0.05) is 19.3 Å². The van der Waals surface area contributed by atoms with Gasteiger partial charge in [-0.15, -0.1) is 0 Å². The average molecular weight is 299 g/mol. The van der Waals surface area contributed by atoms with Crippen LogP contribution in [-0.2, 0) is 4.79 Å². The Morgan fingerprint density at radius 3 is 2.75 bits per heavy atom. The normalized spacial score (nSPS) is 19.9. The van der Waals surface area contributed by atoms with Gasteiger partial charge in [-0.1, -0.05) is 11.6 Å². The van der Waals surface area contributed by atoms with E-state index in [4.69, 9.17) is 11.6 Å². The molecule has 1 aliphatic rings. The minimum atomic E-state index is -0.827. The molecule has 1 saturated heterocycles. The van der Waals surface area contributed by atoms with E-state index in [1.165, 1.54) is 0 Å². The summed E-state index contributed by atoms with van der Waals surface area (Å²) in [5, 5.41) is 9.80. The van der Waals surface area contributed by atoms with Crippen molar-refractivity contribution in [1.82, 2.24) is 9.88 Å². The Hall–Kier alpha value is -1.49. The molecule has 1 aliphatic heterocycles. The minimum absolute atomic E-state index is 0.0388. The first-order chi connectivity index (χ1) is 9.32. The van der Waals surface area contributed by atoms with Gasteiger partial charge in [-0.2, -0.15) is 0 Å². The predicted molar refractivity (Wildman–Crippen MR) is 75.8 cm³/mol. The molecule has 2 N–H and O–H groups in total. The first-order valence-electron chi connectivity index (χ1n) is 6.69. The van der Waals surface area contributed by atoms with Gasteiger partial charge in [-0.3, -0.25) is 9.59 Å². The molecule has 0 spiro atoms. The number of halogens is 1. The lowest BCUT2D eigenvalue weighted by Gasteiger charge is -2.39. The second-order valence-corrected chi connectivity index (χ2v) is 6.29. The highest BCUT2D eigenvalue weighted by molar-refractivity contribution is 6.30. The molecule has 1 fully saturated rings. The fourth-order valence-corrected chi connectivity index (χ4v) is 2.75. The van der Waals surface area contributed by atoms with Gasteiger partial charge < -0.3 is 15.0 Å². The van der Waals surface area contributed by atoms with E-state index in [1.807, 2.05) is 0 Å². The number of carboxylic acid groups (broad SMARTS) is 1. The Labute approximate surface area is 122 Å². The molecule has 1 aromatic rings. The number of rotatable bonds is 3. The molecular formula is C14H19ClN2O3. The standard InChI is InChI=1S/C14H19ClN2O3/c1-14(2,13(19)20)9-4-3-5-17(8-9)12(18)11-6-10(15)7-16-11/h6-7,9,16H,3-5,8H2,1-2H3,(H,19,20). The molecule has 2 heterocycles. The van der Waals surface area contributed by atoms with Crippen LogP contribution in [0.1, 0.15) is 37.2 Å². The highest BCUT2D eigenvalue weighted by Crippen LogP contribution is 2.34. The molecule has 0 saturated carbocycles. The van der Waals surface area contributed by atoms with Crippen molar-refractivity contribution in [1.29, 1.82) is 0 Å². The Kier molecular flexibility index (Phi) is 4.09. The van der Waals surface area contributed by atoms with Gasteiger partial charge in [-0.25, -0.2) is 0 Å². The molecule has 1 unspecified atom stereocenters. The summed E-state index contributed by atoms with van der Waals surface area (Å²) < 4.78 is 0. The lowest BCUT2D eigenvalue weighted by molar-refractivity contribution is -0.151. The third kappa shape index (κ3) is 2.82. The van der Waals surface area contributed by atoms with Crippen molar-refractivity contribution in [3.63, 3.8) is 0 Å². The maximum absolute atomic E-state index is 12.3. The van der Waals surface area contributed by atoms with Crippen LogP contribution in [0.3, 0.4) is 0 Å². The Bertz CT molecular complexity index is 524. The Morgan fingerprint density at radius 2 is 2.20 bits per heavy atom. The summed E-state index contributed by atoms with van der Waals surface area (Å²) in [4.78, 5) is 28.2. The zero-order chi connectivity index (χ0) is 14.9. The third-order valence-electron chi connectivity index (χ3n) is 4.16. The van der Waals surface area contributed by atoms with E-state index in [9.17, 15) is 14.7 Å². The second-order valence-electron chi connectivity index (χ2n) is 5.85. The van der Waals surface area contributed by atoms with Crippen molar-refractivity contribution >= 4 is 23.5 Å². The molecule has 20 heavy (non-hydrogen) atoms. The van der Waals surface area contributed by atoms with E-state index in [0.717, 1.165) is 12.8 Å². The number of aromatic nitrogens is 1. The summed E-state index contributed by atoms with van der Waals surface area (Å²) in [6, 6.07) is 1.59. The van der Waals surface area contributed by atoms with E-state index in [1.54, 1.807) is 31.0 Å². The Balaban J connectivity index is 2.11. The molecule has 6 heteroatoms. The van der Waals surface area contributed by atoms with Crippen LogP contribution in [0.4, 0.5) is 0 Å². The van der Waals surface area contributed by atoms with Crippen LogP contribution in [0.5, 0.6) is 0 Å². The smallest absolute Gasteiger partial charge is 0.309 e. The first-order valence-corrected chi connectivity index (χ1v) is 7.06. The van der Waals surface area contributed by atoms with Crippen LogP contribution in [0, 0.1) is 11.3 Å². The average Bonchev–Trinajstić information content (AvgIpc) is 2.84. The zero-order valence-corrected chi connectivity index (χ0v) is 12.4. The van der Waals surface area contributed by atoms with Crippen molar-refractivity contribution in [2.75, 3.05) is 13.1 Å². The van der Waals surface area contributed by atoms with Crippen LogP contribution < -0.4 is 0 Å². The summed E-state index contributed by atoms with van der Waals surface area (Å²) in [5.74, 6) is -0.981. The number of carbonyl (C=O) groups excluding carboxylic acids is 1. The molecule has 0 aliphatic carbocycles. The summed E-state index contributed by atoms with van der Waals surface area (Å²) in [6.07, 6.45) is 3.22. The number of carbonyl (C=O) groups is 2. The number of amides is 1.